The molecule has 260 valence electrons. The van der Waals surface area contributed by atoms with Gasteiger partial charge in [0.2, 0.25) is 0 Å². The molecule has 2 amide bonds. The summed E-state index contributed by atoms with van der Waals surface area (Å²) in [6, 6.07) is 12.3. The van der Waals surface area contributed by atoms with Gasteiger partial charge in [0.25, 0.3) is 11.8 Å². The molecule has 6 heteroatoms. The van der Waals surface area contributed by atoms with E-state index in [9.17, 15) is 14.4 Å². The summed E-state index contributed by atoms with van der Waals surface area (Å²) < 4.78 is 0. The first-order valence-corrected chi connectivity index (χ1v) is 18.4. The highest BCUT2D eigenvalue weighted by atomic mass is 16.2. The van der Waals surface area contributed by atoms with Gasteiger partial charge in [-0.05, 0) is 112 Å². The lowest BCUT2D eigenvalue weighted by Crippen LogP contribution is -2.40. The largest absolute Gasteiger partial charge is 0.324 e. The van der Waals surface area contributed by atoms with Crippen molar-refractivity contribution in [2.45, 2.75) is 126 Å². The van der Waals surface area contributed by atoms with Crippen molar-refractivity contribution < 1.29 is 14.4 Å². The van der Waals surface area contributed by atoms with Crippen LogP contribution >= 0.6 is 0 Å². The molecule has 1 atom stereocenters. The highest BCUT2D eigenvalue weighted by Gasteiger charge is 2.35. The van der Waals surface area contributed by atoms with Crippen molar-refractivity contribution in [1.82, 2.24) is 14.7 Å². The predicted octanol–water partition coefficient (Wildman–Crippen LogP) is 9.60. The second kappa shape index (κ2) is 18.7. The van der Waals surface area contributed by atoms with Gasteiger partial charge in [-0.1, -0.05) is 83.5 Å². The summed E-state index contributed by atoms with van der Waals surface area (Å²) in [4.78, 5) is 44.9. The number of ketones is 1. The van der Waals surface area contributed by atoms with Crippen LogP contribution in [0.1, 0.15) is 143 Å². The number of benzene rings is 2. The van der Waals surface area contributed by atoms with Crippen LogP contribution in [0.25, 0.3) is 0 Å². The molecule has 2 aromatic carbocycles. The van der Waals surface area contributed by atoms with E-state index in [0.717, 1.165) is 85.3 Å². The standard InChI is InChI=1S/C36H41N3O3.3C2H6/c1-24(2)9-14-34(25(3)40)39-23-30-20-28(12-13-32(30)35(39)41)27-15-17-37(18-16-27)21-26-10-11-29-22-38(36(42)33(29)19-26)31-7-5-4-6-8-31;3*1-2/h5,7-8,10-13,19-20,27,34H,1,4,6,9,14-18,21-23H2,2-3H3;3*1-2H3. The SMILES string of the molecule is C=C(C)CCC(C(C)=O)N1Cc2cc(C3CCN(Cc4ccc5c(c4)C(=O)N(C4=CCCC=C4)C5)CC3)ccc2C1=O.CC.CC.CC. The molecule has 1 fully saturated rings. The first-order chi connectivity index (χ1) is 23.3. The van der Waals surface area contributed by atoms with Crippen LogP contribution in [0.5, 0.6) is 0 Å². The Kier molecular flexibility index (Phi) is 15.1. The van der Waals surface area contributed by atoms with E-state index in [0.29, 0.717) is 25.4 Å². The van der Waals surface area contributed by atoms with Gasteiger partial charge in [0, 0.05) is 29.9 Å². The Hall–Kier alpha value is -3.77. The molecule has 4 aliphatic rings. The minimum atomic E-state index is -0.396. The molecule has 0 radical (unpaired) electrons. The van der Waals surface area contributed by atoms with E-state index in [1.165, 1.54) is 11.1 Å². The third-order valence-corrected chi connectivity index (χ3v) is 9.38. The number of fused-ring (bicyclic) bond motifs is 2. The third kappa shape index (κ3) is 9.02. The Balaban J connectivity index is 0.000000987. The van der Waals surface area contributed by atoms with Crippen molar-refractivity contribution in [1.29, 1.82) is 0 Å². The third-order valence-electron chi connectivity index (χ3n) is 9.38. The summed E-state index contributed by atoms with van der Waals surface area (Å²) in [5.74, 6) is 0.571. The van der Waals surface area contributed by atoms with Crippen LogP contribution in [0.15, 0.2) is 72.5 Å². The molecule has 0 bridgehead atoms. The lowest BCUT2D eigenvalue weighted by molar-refractivity contribution is -0.121. The molecule has 1 saturated heterocycles. The van der Waals surface area contributed by atoms with Gasteiger partial charge in [0.15, 0.2) is 5.78 Å². The molecule has 0 aromatic heterocycles. The lowest BCUT2D eigenvalue weighted by atomic mass is 9.87. The average molecular weight is 654 g/mol. The molecule has 48 heavy (non-hydrogen) atoms. The number of carbonyl (C=O) groups is 3. The zero-order valence-corrected chi connectivity index (χ0v) is 30.9. The van der Waals surface area contributed by atoms with Crippen molar-refractivity contribution in [3.05, 3.63) is 106 Å². The summed E-state index contributed by atoms with van der Waals surface area (Å²) in [6.07, 6.45) is 11.9. The molecule has 1 aliphatic carbocycles. The molecular formula is C42H59N3O3. The average Bonchev–Trinajstić information content (AvgIpc) is 3.63. The van der Waals surface area contributed by atoms with E-state index in [1.807, 2.05) is 59.4 Å². The zero-order valence-electron chi connectivity index (χ0n) is 30.9. The van der Waals surface area contributed by atoms with Crippen LogP contribution in [0.2, 0.25) is 0 Å². The van der Waals surface area contributed by atoms with Gasteiger partial charge < -0.3 is 9.80 Å². The van der Waals surface area contributed by atoms with Crippen LogP contribution in [0, 0.1) is 0 Å². The van der Waals surface area contributed by atoms with Crippen LogP contribution in [0.4, 0.5) is 0 Å². The fourth-order valence-electron chi connectivity index (χ4n) is 6.97. The Morgan fingerprint density at radius 1 is 0.854 bits per heavy atom. The van der Waals surface area contributed by atoms with Crippen LogP contribution in [-0.2, 0) is 24.4 Å². The highest BCUT2D eigenvalue weighted by molar-refractivity contribution is 6.01. The number of amides is 2. The monoisotopic (exact) mass is 653 g/mol. The Morgan fingerprint density at radius 3 is 2.19 bits per heavy atom. The first-order valence-electron chi connectivity index (χ1n) is 18.4. The fourth-order valence-corrected chi connectivity index (χ4v) is 6.97. The predicted molar refractivity (Wildman–Crippen MR) is 199 cm³/mol. The van der Waals surface area contributed by atoms with Crippen molar-refractivity contribution in [3.63, 3.8) is 0 Å². The maximum atomic E-state index is 13.2. The summed E-state index contributed by atoms with van der Waals surface area (Å²) in [6.45, 7) is 23.5. The number of nitrogens with zero attached hydrogens (tertiary/aromatic N) is 3. The number of allylic oxidation sites excluding steroid dienone is 4. The van der Waals surface area contributed by atoms with Crippen molar-refractivity contribution >= 4 is 17.6 Å². The minimum absolute atomic E-state index is 0.0313. The first kappa shape index (κ1) is 38.7. The van der Waals surface area contributed by atoms with Gasteiger partial charge >= 0.3 is 0 Å². The molecule has 3 aliphatic heterocycles. The van der Waals surface area contributed by atoms with E-state index in [2.05, 4.69) is 60.0 Å². The Bertz CT molecular complexity index is 1500. The van der Waals surface area contributed by atoms with Gasteiger partial charge in [0.05, 0.1) is 12.6 Å². The number of hydrogen-bond donors (Lipinski definition) is 0. The fraction of sp³-hybridized carbons (Fsp3) is 0.500. The molecule has 0 spiro atoms. The van der Waals surface area contributed by atoms with Gasteiger partial charge in [-0.15, -0.1) is 6.58 Å². The zero-order chi connectivity index (χ0) is 35.4. The maximum absolute atomic E-state index is 13.2. The molecule has 6 rings (SSSR count). The molecule has 0 N–H and O–H groups in total. The summed E-state index contributed by atoms with van der Waals surface area (Å²) in [5, 5.41) is 0. The van der Waals surface area contributed by atoms with Gasteiger partial charge in [-0.25, -0.2) is 0 Å². The molecule has 2 aromatic rings. The highest BCUT2D eigenvalue weighted by Crippen LogP contribution is 2.35. The number of carbonyl (C=O) groups excluding carboxylic acids is 3. The second-order valence-corrected chi connectivity index (χ2v) is 12.5. The van der Waals surface area contributed by atoms with Crippen LogP contribution in [0.3, 0.4) is 0 Å². The number of piperidine rings is 1. The topological polar surface area (TPSA) is 60.9 Å². The van der Waals surface area contributed by atoms with Crippen molar-refractivity contribution in [2.24, 2.45) is 0 Å². The number of hydrogen-bond acceptors (Lipinski definition) is 4. The van der Waals surface area contributed by atoms with Gasteiger partial charge in [-0.3, -0.25) is 19.3 Å². The quantitative estimate of drug-likeness (QED) is 0.253. The van der Waals surface area contributed by atoms with E-state index >= 15 is 0 Å². The molecule has 3 heterocycles. The van der Waals surface area contributed by atoms with E-state index in [1.54, 1.807) is 11.8 Å². The maximum Gasteiger partial charge on any atom is 0.258 e. The minimum Gasteiger partial charge on any atom is -0.324 e. The van der Waals surface area contributed by atoms with Crippen molar-refractivity contribution in [3.8, 4) is 0 Å². The van der Waals surface area contributed by atoms with E-state index in [4.69, 9.17) is 0 Å². The molecule has 6 nitrogen and oxygen atoms in total. The Labute approximate surface area is 290 Å². The second-order valence-electron chi connectivity index (χ2n) is 12.5. The smallest absolute Gasteiger partial charge is 0.258 e. The van der Waals surface area contributed by atoms with Crippen LogP contribution < -0.4 is 0 Å². The Morgan fingerprint density at radius 2 is 1.56 bits per heavy atom. The molecule has 1 unspecified atom stereocenters. The number of likely N-dealkylation sites (tertiary alicyclic amines) is 1. The van der Waals surface area contributed by atoms with Gasteiger partial charge in [0.1, 0.15) is 0 Å². The summed E-state index contributed by atoms with van der Waals surface area (Å²) >= 11 is 0. The summed E-state index contributed by atoms with van der Waals surface area (Å²) in [7, 11) is 0. The number of rotatable bonds is 9. The normalized spacial score (nSPS) is 17.5. The van der Waals surface area contributed by atoms with Gasteiger partial charge in [-0.2, -0.15) is 0 Å². The van der Waals surface area contributed by atoms with E-state index < -0.39 is 6.04 Å². The lowest BCUT2D eigenvalue weighted by Gasteiger charge is -2.32. The van der Waals surface area contributed by atoms with Crippen LogP contribution in [-0.4, -0.2) is 51.4 Å². The van der Waals surface area contributed by atoms with Crippen molar-refractivity contribution in [2.75, 3.05) is 13.1 Å². The molecular weight excluding hydrogens is 594 g/mol. The summed E-state index contributed by atoms with van der Waals surface area (Å²) in [5.41, 5.74) is 8.27. The molecule has 0 saturated carbocycles. The van der Waals surface area contributed by atoms with E-state index in [-0.39, 0.29) is 17.6 Å². The number of Topliss-reactive ketones (excluding diaryl/α,β-unsaturated/α-hetero) is 1.